The Hall–Kier alpha value is -1.26. The van der Waals surface area contributed by atoms with Crippen molar-refractivity contribution in [2.24, 2.45) is 10.4 Å². The van der Waals surface area contributed by atoms with Crippen molar-refractivity contribution in [1.82, 2.24) is 4.98 Å². The molecule has 1 aliphatic heterocycles. The van der Waals surface area contributed by atoms with Crippen LogP contribution in [0.4, 0.5) is 5.82 Å². The minimum absolute atomic E-state index is 0.0370. The average molecular weight is 276 g/mol. The van der Waals surface area contributed by atoms with E-state index in [4.69, 9.17) is 0 Å². The Morgan fingerprint density at radius 2 is 2.00 bits per heavy atom. The second kappa shape index (κ2) is 6.95. The molecular weight excluding hydrogens is 252 g/mol. The van der Waals surface area contributed by atoms with Gasteiger partial charge in [-0.15, -0.1) is 0 Å². The zero-order valence-corrected chi connectivity index (χ0v) is 12.2. The van der Waals surface area contributed by atoms with E-state index in [9.17, 15) is 10.2 Å². The maximum Gasteiger partial charge on any atom is 0.154 e. The van der Waals surface area contributed by atoms with Crippen molar-refractivity contribution in [3.05, 3.63) is 23.4 Å². The average Bonchev–Trinajstić information content (AvgIpc) is 2.51. The van der Waals surface area contributed by atoms with Crippen LogP contribution in [-0.2, 0) is 12.8 Å². The lowest BCUT2D eigenvalue weighted by Crippen LogP contribution is -2.25. The van der Waals surface area contributed by atoms with Crippen LogP contribution in [0.15, 0.2) is 17.1 Å². The quantitative estimate of drug-likeness (QED) is 0.752. The van der Waals surface area contributed by atoms with E-state index in [1.807, 2.05) is 13.1 Å². The largest absolute Gasteiger partial charge is 0.396 e. The first-order chi connectivity index (χ1) is 9.67. The Balaban J connectivity index is 1.82. The molecule has 4 nitrogen and oxygen atoms in total. The summed E-state index contributed by atoms with van der Waals surface area (Å²) in [4.78, 5) is 8.94. The number of aryl methyl sites for hydroxylation is 2. The summed E-state index contributed by atoms with van der Waals surface area (Å²) in [5.74, 6) is 0.879. The second-order valence-corrected chi connectivity index (χ2v) is 5.97. The first-order valence-electron chi connectivity index (χ1n) is 7.40. The number of hydrogen-bond donors (Lipinski definition) is 2. The lowest BCUT2D eigenvalue weighted by molar-refractivity contribution is 0.0607. The van der Waals surface area contributed by atoms with Gasteiger partial charge in [-0.1, -0.05) is 19.4 Å². The predicted molar refractivity (Wildman–Crippen MR) is 80.5 cm³/mol. The Morgan fingerprint density at radius 1 is 1.20 bits per heavy atom. The minimum atomic E-state index is -0.354. The number of pyridine rings is 1. The summed E-state index contributed by atoms with van der Waals surface area (Å²) in [6.07, 6.45) is 7.75. The van der Waals surface area contributed by atoms with Crippen molar-refractivity contribution in [3.8, 4) is 0 Å². The fourth-order valence-corrected chi connectivity index (χ4v) is 2.40. The standard InChI is InChI=1S/C16H24N2O2/c1-16(11-19,12-20)9-3-2-6-14-8-7-13-5-4-10-17-15(13)18-14/h7-8,10,19-20H,2-6,9,11-12H2,1H3. The first kappa shape index (κ1) is 15.1. The molecule has 1 aromatic heterocycles. The lowest BCUT2D eigenvalue weighted by Gasteiger charge is -2.24. The van der Waals surface area contributed by atoms with Gasteiger partial charge in [-0.25, -0.2) is 9.98 Å². The van der Waals surface area contributed by atoms with Gasteiger partial charge in [0.15, 0.2) is 5.82 Å². The molecule has 0 aliphatic carbocycles. The first-order valence-corrected chi connectivity index (χ1v) is 7.40. The number of unbranched alkanes of at least 4 members (excludes halogenated alkanes) is 1. The lowest BCUT2D eigenvalue weighted by atomic mass is 9.86. The van der Waals surface area contributed by atoms with E-state index in [1.165, 1.54) is 5.56 Å². The number of aliphatic imine (C=N–C) groups is 1. The second-order valence-electron chi connectivity index (χ2n) is 5.97. The van der Waals surface area contributed by atoms with E-state index in [1.54, 1.807) is 0 Å². The van der Waals surface area contributed by atoms with E-state index < -0.39 is 0 Å². The van der Waals surface area contributed by atoms with Crippen molar-refractivity contribution in [2.45, 2.75) is 45.4 Å². The van der Waals surface area contributed by atoms with Crippen LogP contribution >= 0.6 is 0 Å². The number of rotatable bonds is 7. The molecule has 0 aromatic carbocycles. The fraction of sp³-hybridized carbons (Fsp3) is 0.625. The summed E-state index contributed by atoms with van der Waals surface area (Å²) in [6, 6.07) is 4.23. The van der Waals surface area contributed by atoms with Crippen LogP contribution in [-0.4, -0.2) is 34.6 Å². The van der Waals surface area contributed by atoms with Crippen molar-refractivity contribution in [1.29, 1.82) is 0 Å². The van der Waals surface area contributed by atoms with Gasteiger partial charge in [0, 0.05) is 17.3 Å². The molecule has 1 aromatic rings. The number of aliphatic hydroxyl groups excluding tert-OH is 2. The maximum atomic E-state index is 9.25. The van der Waals surface area contributed by atoms with Crippen LogP contribution in [0.2, 0.25) is 0 Å². The molecule has 0 radical (unpaired) electrons. The molecule has 0 saturated carbocycles. The molecule has 2 N–H and O–H groups in total. The van der Waals surface area contributed by atoms with Gasteiger partial charge < -0.3 is 10.2 Å². The molecule has 4 heteroatoms. The summed E-state index contributed by atoms with van der Waals surface area (Å²) in [7, 11) is 0. The number of aliphatic hydroxyl groups is 2. The molecule has 0 amide bonds. The zero-order chi connectivity index (χ0) is 14.4. The van der Waals surface area contributed by atoms with Gasteiger partial charge in [0.1, 0.15) is 0 Å². The van der Waals surface area contributed by atoms with E-state index in [-0.39, 0.29) is 18.6 Å². The van der Waals surface area contributed by atoms with Crippen LogP contribution < -0.4 is 0 Å². The van der Waals surface area contributed by atoms with E-state index in [0.717, 1.165) is 50.0 Å². The van der Waals surface area contributed by atoms with E-state index >= 15 is 0 Å². The van der Waals surface area contributed by atoms with E-state index in [0.29, 0.717) is 0 Å². The number of hydrogen-bond acceptors (Lipinski definition) is 4. The topological polar surface area (TPSA) is 65.7 Å². The summed E-state index contributed by atoms with van der Waals surface area (Å²) >= 11 is 0. The SMILES string of the molecule is CC(CO)(CO)CCCCc1ccc2c(n1)N=CCC2. The van der Waals surface area contributed by atoms with Gasteiger partial charge in [-0.05, 0) is 43.7 Å². The molecule has 2 rings (SSSR count). The van der Waals surface area contributed by atoms with Gasteiger partial charge in [-0.3, -0.25) is 0 Å². The summed E-state index contributed by atoms with van der Waals surface area (Å²) in [5.41, 5.74) is 1.97. The molecular formula is C16H24N2O2. The van der Waals surface area contributed by atoms with Gasteiger partial charge in [-0.2, -0.15) is 0 Å². The summed E-state index contributed by atoms with van der Waals surface area (Å²) in [5, 5.41) is 18.5. The highest BCUT2D eigenvalue weighted by molar-refractivity contribution is 5.66. The van der Waals surface area contributed by atoms with Gasteiger partial charge in [0.05, 0.1) is 13.2 Å². The van der Waals surface area contributed by atoms with Gasteiger partial charge >= 0.3 is 0 Å². The molecule has 0 unspecified atom stereocenters. The molecule has 1 aliphatic rings. The number of fused-ring (bicyclic) bond motifs is 1. The molecule has 0 spiro atoms. The third-order valence-electron chi connectivity index (χ3n) is 4.00. The smallest absolute Gasteiger partial charge is 0.154 e. The molecule has 20 heavy (non-hydrogen) atoms. The molecule has 2 heterocycles. The Labute approximate surface area is 120 Å². The molecule has 0 atom stereocenters. The van der Waals surface area contributed by atoms with Crippen LogP contribution in [0.25, 0.3) is 0 Å². The zero-order valence-electron chi connectivity index (χ0n) is 12.2. The highest BCUT2D eigenvalue weighted by Crippen LogP contribution is 2.24. The maximum absolute atomic E-state index is 9.25. The van der Waals surface area contributed by atoms with Crippen molar-refractivity contribution in [2.75, 3.05) is 13.2 Å². The summed E-state index contributed by atoms with van der Waals surface area (Å²) < 4.78 is 0. The Kier molecular flexibility index (Phi) is 5.26. The number of nitrogens with zero attached hydrogens (tertiary/aromatic N) is 2. The molecule has 0 fully saturated rings. The monoisotopic (exact) mass is 276 g/mol. The summed E-state index contributed by atoms with van der Waals surface area (Å²) in [6.45, 7) is 1.99. The Bertz CT molecular complexity index is 468. The fourth-order valence-electron chi connectivity index (χ4n) is 2.40. The third-order valence-corrected chi connectivity index (χ3v) is 4.00. The van der Waals surface area contributed by atoms with Gasteiger partial charge in [0.2, 0.25) is 0 Å². The van der Waals surface area contributed by atoms with Crippen LogP contribution in [0.1, 0.15) is 43.9 Å². The van der Waals surface area contributed by atoms with Crippen LogP contribution in [0.5, 0.6) is 0 Å². The predicted octanol–water partition coefficient (Wildman–Crippen LogP) is 2.43. The van der Waals surface area contributed by atoms with Crippen molar-refractivity contribution in [3.63, 3.8) is 0 Å². The number of aromatic nitrogens is 1. The van der Waals surface area contributed by atoms with E-state index in [2.05, 4.69) is 22.1 Å². The van der Waals surface area contributed by atoms with Crippen molar-refractivity contribution < 1.29 is 10.2 Å². The van der Waals surface area contributed by atoms with Crippen LogP contribution in [0.3, 0.4) is 0 Å². The third kappa shape index (κ3) is 3.87. The Morgan fingerprint density at radius 3 is 2.75 bits per heavy atom. The molecule has 110 valence electrons. The highest BCUT2D eigenvalue weighted by Gasteiger charge is 2.21. The normalized spacial score (nSPS) is 14.3. The minimum Gasteiger partial charge on any atom is -0.396 e. The van der Waals surface area contributed by atoms with Gasteiger partial charge in [0.25, 0.3) is 0 Å². The highest BCUT2D eigenvalue weighted by atomic mass is 16.3. The van der Waals surface area contributed by atoms with Crippen molar-refractivity contribution >= 4 is 12.0 Å². The molecule has 0 saturated heterocycles. The molecule has 0 bridgehead atoms. The van der Waals surface area contributed by atoms with Crippen LogP contribution in [0, 0.1) is 5.41 Å².